The molecule has 6 heteroatoms. The highest BCUT2D eigenvalue weighted by molar-refractivity contribution is 5.91. The molecular formula is C20H22N4O2. The number of hydrogen-bond acceptors (Lipinski definition) is 4. The number of amides is 1. The molecule has 1 amide bonds. The molecule has 0 atom stereocenters. The number of aromatic nitrogens is 3. The fraction of sp³-hybridized carbons (Fsp3) is 0.250. The molecule has 0 radical (unpaired) electrons. The Morgan fingerprint density at radius 2 is 1.81 bits per heavy atom. The molecule has 6 nitrogen and oxygen atoms in total. The van der Waals surface area contributed by atoms with Crippen LogP contribution in [0.5, 0.6) is 5.75 Å². The van der Waals surface area contributed by atoms with Gasteiger partial charge < -0.3 is 10.1 Å². The van der Waals surface area contributed by atoms with E-state index in [1.807, 2.05) is 69.3 Å². The number of ether oxygens (including phenoxy) is 1. The minimum atomic E-state index is -0.258. The highest BCUT2D eigenvalue weighted by Crippen LogP contribution is 2.14. The van der Waals surface area contributed by atoms with Crippen molar-refractivity contribution in [2.75, 3.05) is 0 Å². The second kappa shape index (κ2) is 7.82. The van der Waals surface area contributed by atoms with Crippen molar-refractivity contribution in [1.82, 2.24) is 20.3 Å². The van der Waals surface area contributed by atoms with Gasteiger partial charge in [0.1, 0.15) is 5.75 Å². The van der Waals surface area contributed by atoms with Crippen molar-refractivity contribution in [1.29, 1.82) is 0 Å². The molecule has 0 unspecified atom stereocenters. The van der Waals surface area contributed by atoms with E-state index in [2.05, 4.69) is 15.6 Å². The predicted molar refractivity (Wildman–Crippen MR) is 99.5 cm³/mol. The summed E-state index contributed by atoms with van der Waals surface area (Å²) in [5.41, 5.74) is 3.30. The summed E-state index contributed by atoms with van der Waals surface area (Å²) in [6, 6.07) is 15.5. The van der Waals surface area contributed by atoms with Gasteiger partial charge in [0, 0.05) is 6.54 Å². The highest BCUT2D eigenvalue weighted by atomic mass is 16.5. The molecule has 0 spiro atoms. The fourth-order valence-electron chi connectivity index (χ4n) is 2.42. The molecular weight excluding hydrogens is 328 g/mol. The molecule has 134 valence electrons. The third-order valence-corrected chi connectivity index (χ3v) is 3.77. The molecule has 0 fully saturated rings. The van der Waals surface area contributed by atoms with Crippen LogP contribution in [0.3, 0.4) is 0 Å². The van der Waals surface area contributed by atoms with E-state index >= 15 is 0 Å². The van der Waals surface area contributed by atoms with Gasteiger partial charge in [-0.1, -0.05) is 35.0 Å². The zero-order valence-electron chi connectivity index (χ0n) is 15.1. The lowest BCUT2D eigenvalue weighted by Gasteiger charge is -2.10. The molecule has 1 heterocycles. The summed E-state index contributed by atoms with van der Waals surface area (Å²) in [5, 5.41) is 10.8. The van der Waals surface area contributed by atoms with E-state index in [0.717, 1.165) is 22.6 Å². The van der Waals surface area contributed by atoms with Gasteiger partial charge in [0.05, 0.1) is 18.0 Å². The van der Waals surface area contributed by atoms with Crippen molar-refractivity contribution in [3.05, 3.63) is 71.5 Å². The Labute approximate surface area is 152 Å². The van der Waals surface area contributed by atoms with Crippen molar-refractivity contribution in [3.8, 4) is 11.4 Å². The van der Waals surface area contributed by atoms with Crippen LogP contribution in [-0.4, -0.2) is 27.0 Å². The smallest absolute Gasteiger partial charge is 0.273 e. The van der Waals surface area contributed by atoms with Crippen molar-refractivity contribution < 1.29 is 9.53 Å². The van der Waals surface area contributed by atoms with Crippen LogP contribution in [0.1, 0.15) is 35.5 Å². The van der Waals surface area contributed by atoms with Crippen LogP contribution in [-0.2, 0) is 6.54 Å². The lowest BCUT2D eigenvalue weighted by molar-refractivity contribution is 0.0946. The first-order chi connectivity index (χ1) is 12.5. The van der Waals surface area contributed by atoms with E-state index in [0.29, 0.717) is 6.54 Å². The Balaban J connectivity index is 1.59. The van der Waals surface area contributed by atoms with Crippen LogP contribution in [0.4, 0.5) is 0 Å². The summed E-state index contributed by atoms with van der Waals surface area (Å²) in [5.74, 6) is 0.557. The summed E-state index contributed by atoms with van der Waals surface area (Å²) in [6.45, 7) is 6.40. The third-order valence-electron chi connectivity index (χ3n) is 3.77. The number of benzene rings is 2. The van der Waals surface area contributed by atoms with Crippen LogP contribution in [0.2, 0.25) is 0 Å². The first kappa shape index (κ1) is 17.7. The zero-order chi connectivity index (χ0) is 18.5. The number of nitrogens with zero attached hydrogens (tertiary/aromatic N) is 3. The molecule has 0 aliphatic rings. The van der Waals surface area contributed by atoms with Gasteiger partial charge in [-0.15, -0.1) is 5.10 Å². The Morgan fingerprint density at radius 1 is 1.12 bits per heavy atom. The topological polar surface area (TPSA) is 69.0 Å². The van der Waals surface area contributed by atoms with Gasteiger partial charge in [0.25, 0.3) is 5.91 Å². The van der Waals surface area contributed by atoms with Gasteiger partial charge in [-0.05, 0) is 50.6 Å². The number of aryl methyl sites for hydroxylation is 1. The Kier molecular flexibility index (Phi) is 5.31. The van der Waals surface area contributed by atoms with E-state index in [-0.39, 0.29) is 17.7 Å². The number of hydrogen-bond donors (Lipinski definition) is 1. The number of nitrogens with one attached hydrogen (secondary N) is 1. The SMILES string of the molecule is Cc1ccc(-n2cc(C(=O)NCc3ccc(OC(C)C)cc3)nn2)cc1. The standard InChI is InChI=1S/C20H22N4O2/c1-14(2)26-18-10-6-16(7-11-18)12-21-20(25)19-13-24(23-22-19)17-8-4-15(3)5-9-17/h4-11,13-14H,12H2,1-3H3,(H,21,25). The van der Waals surface area contributed by atoms with Gasteiger partial charge in [-0.2, -0.15) is 0 Å². The normalized spacial score (nSPS) is 10.8. The van der Waals surface area contributed by atoms with Crippen molar-refractivity contribution in [2.24, 2.45) is 0 Å². The van der Waals surface area contributed by atoms with Crippen LogP contribution >= 0.6 is 0 Å². The van der Waals surface area contributed by atoms with Gasteiger partial charge in [-0.3, -0.25) is 4.79 Å². The molecule has 0 bridgehead atoms. The van der Waals surface area contributed by atoms with Gasteiger partial charge >= 0.3 is 0 Å². The summed E-state index contributed by atoms with van der Waals surface area (Å²) >= 11 is 0. The maximum atomic E-state index is 12.3. The number of carbonyl (C=O) groups is 1. The molecule has 3 aromatic rings. The van der Waals surface area contributed by atoms with E-state index in [4.69, 9.17) is 4.74 Å². The van der Waals surface area contributed by atoms with Crippen LogP contribution in [0.15, 0.2) is 54.7 Å². The van der Waals surface area contributed by atoms with Crippen molar-refractivity contribution in [3.63, 3.8) is 0 Å². The van der Waals surface area contributed by atoms with Gasteiger partial charge in [0.2, 0.25) is 0 Å². The van der Waals surface area contributed by atoms with Crippen LogP contribution in [0.25, 0.3) is 5.69 Å². The van der Waals surface area contributed by atoms with Crippen molar-refractivity contribution >= 4 is 5.91 Å². The Morgan fingerprint density at radius 3 is 2.46 bits per heavy atom. The second-order valence-corrected chi connectivity index (χ2v) is 6.38. The van der Waals surface area contributed by atoms with E-state index < -0.39 is 0 Å². The lowest BCUT2D eigenvalue weighted by atomic mass is 10.2. The monoisotopic (exact) mass is 350 g/mol. The molecule has 0 saturated carbocycles. The van der Waals surface area contributed by atoms with Crippen LogP contribution < -0.4 is 10.1 Å². The Hall–Kier alpha value is -3.15. The maximum absolute atomic E-state index is 12.3. The summed E-state index contributed by atoms with van der Waals surface area (Å²) in [4.78, 5) is 12.3. The first-order valence-corrected chi connectivity index (χ1v) is 8.54. The predicted octanol–water partition coefficient (Wildman–Crippen LogP) is 3.29. The quantitative estimate of drug-likeness (QED) is 0.741. The fourth-order valence-corrected chi connectivity index (χ4v) is 2.42. The zero-order valence-corrected chi connectivity index (χ0v) is 15.1. The summed E-state index contributed by atoms with van der Waals surface area (Å²) in [7, 11) is 0. The largest absolute Gasteiger partial charge is 0.491 e. The maximum Gasteiger partial charge on any atom is 0.273 e. The van der Waals surface area contributed by atoms with E-state index in [9.17, 15) is 4.79 Å². The Bertz CT molecular complexity index is 868. The highest BCUT2D eigenvalue weighted by Gasteiger charge is 2.11. The molecule has 1 aromatic heterocycles. The number of carbonyl (C=O) groups excluding carboxylic acids is 1. The molecule has 0 aliphatic heterocycles. The molecule has 1 N–H and O–H groups in total. The molecule has 2 aromatic carbocycles. The minimum absolute atomic E-state index is 0.136. The number of rotatable bonds is 6. The summed E-state index contributed by atoms with van der Waals surface area (Å²) < 4.78 is 7.20. The molecule has 0 aliphatic carbocycles. The molecule has 0 saturated heterocycles. The van der Waals surface area contributed by atoms with Crippen molar-refractivity contribution in [2.45, 2.75) is 33.4 Å². The van der Waals surface area contributed by atoms with Gasteiger partial charge in [-0.25, -0.2) is 4.68 Å². The third kappa shape index (κ3) is 4.47. The van der Waals surface area contributed by atoms with E-state index in [1.54, 1.807) is 10.9 Å². The minimum Gasteiger partial charge on any atom is -0.491 e. The average Bonchev–Trinajstić information content (AvgIpc) is 3.11. The molecule has 26 heavy (non-hydrogen) atoms. The average molecular weight is 350 g/mol. The van der Waals surface area contributed by atoms with Gasteiger partial charge in [0.15, 0.2) is 5.69 Å². The molecule has 3 rings (SSSR count). The summed E-state index contributed by atoms with van der Waals surface area (Å²) in [6.07, 6.45) is 1.76. The van der Waals surface area contributed by atoms with Crippen LogP contribution in [0, 0.1) is 6.92 Å². The second-order valence-electron chi connectivity index (χ2n) is 6.38. The lowest BCUT2D eigenvalue weighted by Crippen LogP contribution is -2.23. The first-order valence-electron chi connectivity index (χ1n) is 8.54. The van der Waals surface area contributed by atoms with E-state index in [1.165, 1.54) is 0 Å².